The average molecular weight is 467 g/mol. The Morgan fingerprint density at radius 2 is 2.33 bits per heavy atom. The molecule has 0 aliphatic heterocycles. The van der Waals surface area contributed by atoms with Gasteiger partial charge >= 0.3 is 6.09 Å². The smallest absolute Gasteiger partial charge is 0.407 e. The van der Waals surface area contributed by atoms with Crippen molar-refractivity contribution in [3.8, 4) is 6.07 Å². The number of ether oxygens (including phenoxy) is 1. The molecule has 1 aliphatic rings. The molecule has 1 atom stereocenters. The van der Waals surface area contributed by atoms with E-state index >= 15 is 0 Å². The number of hydrogen-bond acceptors (Lipinski definition) is 8. The van der Waals surface area contributed by atoms with Crippen LogP contribution in [-0.2, 0) is 28.9 Å². The van der Waals surface area contributed by atoms with Crippen molar-refractivity contribution in [2.24, 2.45) is 5.92 Å². The first-order chi connectivity index (χ1) is 16.0. The van der Waals surface area contributed by atoms with E-state index in [1.165, 1.54) is 29.9 Å². The van der Waals surface area contributed by atoms with Gasteiger partial charge in [-0.15, -0.1) is 11.3 Å². The van der Waals surface area contributed by atoms with Crippen LogP contribution in [0.5, 0.6) is 0 Å². The van der Waals surface area contributed by atoms with Crippen LogP contribution in [0.2, 0.25) is 0 Å². The maximum atomic E-state index is 12.3. The molecule has 4 rings (SSSR count). The number of rotatable bonds is 7. The SMILES string of the molecule is Cc1cc(CNC(=O)OCC2CCc3c(sc(NC(=O)/C=C/c4ccoc4)c3C#N)C2)no1. The molecular formula is C23H22N4O5S. The van der Waals surface area contributed by atoms with E-state index in [9.17, 15) is 14.9 Å². The van der Waals surface area contributed by atoms with Crippen molar-refractivity contribution < 1.29 is 23.3 Å². The summed E-state index contributed by atoms with van der Waals surface area (Å²) in [5, 5.41) is 19.5. The van der Waals surface area contributed by atoms with Crippen LogP contribution in [-0.4, -0.2) is 23.8 Å². The molecule has 3 heterocycles. The number of thiophene rings is 1. The number of carbonyl (C=O) groups is 2. The van der Waals surface area contributed by atoms with Crippen LogP contribution in [0.25, 0.3) is 6.08 Å². The van der Waals surface area contributed by atoms with Gasteiger partial charge in [0.1, 0.15) is 22.5 Å². The number of nitriles is 1. The van der Waals surface area contributed by atoms with E-state index in [4.69, 9.17) is 13.7 Å². The molecule has 2 N–H and O–H groups in total. The fourth-order valence-corrected chi connectivity index (χ4v) is 4.92. The number of alkyl carbamates (subject to hydrolysis) is 1. The molecule has 0 bridgehead atoms. The molecule has 0 fully saturated rings. The van der Waals surface area contributed by atoms with Crippen molar-refractivity contribution in [2.75, 3.05) is 11.9 Å². The summed E-state index contributed by atoms with van der Waals surface area (Å²) in [6.45, 7) is 2.29. The Morgan fingerprint density at radius 1 is 1.45 bits per heavy atom. The molecule has 3 aromatic heterocycles. The molecule has 0 saturated carbocycles. The number of hydrogen-bond donors (Lipinski definition) is 2. The molecule has 170 valence electrons. The number of fused-ring (bicyclic) bond motifs is 1. The molecule has 3 aromatic rings. The summed E-state index contributed by atoms with van der Waals surface area (Å²) in [7, 11) is 0. The zero-order chi connectivity index (χ0) is 23.2. The lowest BCUT2D eigenvalue weighted by Gasteiger charge is -2.21. The Bertz CT molecular complexity index is 1200. The second-order valence-electron chi connectivity index (χ2n) is 7.69. The highest BCUT2D eigenvalue weighted by molar-refractivity contribution is 7.16. The Labute approximate surface area is 194 Å². The number of nitrogens with one attached hydrogen (secondary N) is 2. The van der Waals surface area contributed by atoms with Gasteiger partial charge in [0, 0.05) is 22.6 Å². The van der Waals surface area contributed by atoms with E-state index in [1.54, 1.807) is 25.1 Å². The quantitative estimate of drug-likeness (QED) is 0.499. The van der Waals surface area contributed by atoms with Gasteiger partial charge in [-0.2, -0.15) is 5.26 Å². The predicted octanol–water partition coefficient (Wildman–Crippen LogP) is 4.19. The molecule has 1 aliphatic carbocycles. The lowest BCUT2D eigenvalue weighted by molar-refractivity contribution is -0.111. The number of nitrogens with zero attached hydrogens (tertiary/aromatic N) is 2. The number of furan rings is 1. The van der Waals surface area contributed by atoms with Gasteiger partial charge in [-0.3, -0.25) is 4.79 Å². The molecule has 10 heteroatoms. The zero-order valence-corrected chi connectivity index (χ0v) is 18.7. The first-order valence-corrected chi connectivity index (χ1v) is 11.2. The second-order valence-corrected chi connectivity index (χ2v) is 8.79. The number of anilines is 1. The maximum Gasteiger partial charge on any atom is 0.407 e. The monoisotopic (exact) mass is 466 g/mol. The summed E-state index contributed by atoms with van der Waals surface area (Å²) < 4.78 is 15.3. The third-order valence-corrected chi connectivity index (χ3v) is 6.40. The summed E-state index contributed by atoms with van der Waals surface area (Å²) in [5.41, 5.74) is 2.89. The predicted molar refractivity (Wildman–Crippen MR) is 120 cm³/mol. The van der Waals surface area contributed by atoms with Gasteiger partial charge in [0.15, 0.2) is 0 Å². The van der Waals surface area contributed by atoms with Gasteiger partial charge in [-0.05, 0) is 49.8 Å². The lowest BCUT2D eigenvalue weighted by Crippen LogP contribution is -2.27. The topological polar surface area (TPSA) is 130 Å². The lowest BCUT2D eigenvalue weighted by atomic mass is 9.88. The second kappa shape index (κ2) is 10.2. The summed E-state index contributed by atoms with van der Waals surface area (Å²) in [5.74, 6) is 0.507. The highest BCUT2D eigenvalue weighted by Crippen LogP contribution is 2.39. The molecule has 9 nitrogen and oxygen atoms in total. The van der Waals surface area contributed by atoms with Gasteiger partial charge < -0.3 is 24.3 Å². The van der Waals surface area contributed by atoms with E-state index in [2.05, 4.69) is 21.9 Å². The van der Waals surface area contributed by atoms with Crippen LogP contribution >= 0.6 is 11.3 Å². The minimum atomic E-state index is -0.511. The fraction of sp³-hybridized carbons (Fsp3) is 0.304. The minimum absolute atomic E-state index is 0.146. The summed E-state index contributed by atoms with van der Waals surface area (Å²) >= 11 is 1.40. The Hall–Kier alpha value is -3.84. The molecule has 0 radical (unpaired) electrons. The van der Waals surface area contributed by atoms with E-state index in [-0.39, 0.29) is 25.0 Å². The van der Waals surface area contributed by atoms with Gasteiger partial charge in [0.05, 0.1) is 31.2 Å². The van der Waals surface area contributed by atoms with Gasteiger partial charge in [0.2, 0.25) is 5.91 Å². The van der Waals surface area contributed by atoms with Crippen LogP contribution in [0.15, 0.2) is 39.7 Å². The average Bonchev–Trinajstić information content (AvgIpc) is 3.54. The molecule has 0 spiro atoms. The fourth-order valence-electron chi connectivity index (χ4n) is 3.61. The minimum Gasteiger partial charge on any atom is -0.472 e. The summed E-state index contributed by atoms with van der Waals surface area (Å²) in [4.78, 5) is 25.3. The van der Waals surface area contributed by atoms with Crippen molar-refractivity contribution in [2.45, 2.75) is 32.7 Å². The molecular weight excluding hydrogens is 444 g/mol. The van der Waals surface area contributed by atoms with E-state index in [0.29, 0.717) is 34.9 Å². The zero-order valence-electron chi connectivity index (χ0n) is 17.9. The number of aromatic nitrogens is 1. The van der Waals surface area contributed by atoms with Crippen molar-refractivity contribution in [3.63, 3.8) is 0 Å². The highest BCUT2D eigenvalue weighted by Gasteiger charge is 2.27. The van der Waals surface area contributed by atoms with Crippen molar-refractivity contribution in [1.82, 2.24) is 10.5 Å². The molecule has 33 heavy (non-hydrogen) atoms. The van der Waals surface area contributed by atoms with Gasteiger partial charge in [0.25, 0.3) is 0 Å². The number of carbonyl (C=O) groups excluding carboxylic acids is 2. The standard InChI is InChI=1S/C23H22N4O5S/c1-14-8-17(27-32-14)11-25-23(29)31-13-16-2-4-18-19(10-24)22(33-20(18)9-16)26-21(28)5-3-15-6-7-30-12-15/h3,5-8,12,16H,2,4,9,11,13H2,1H3,(H,25,29)(H,26,28)/b5-3+. The van der Waals surface area contributed by atoms with Crippen molar-refractivity contribution >= 4 is 34.4 Å². The van der Waals surface area contributed by atoms with Gasteiger partial charge in [-0.1, -0.05) is 5.16 Å². The van der Waals surface area contributed by atoms with Crippen molar-refractivity contribution in [1.29, 1.82) is 5.26 Å². The molecule has 2 amide bonds. The van der Waals surface area contributed by atoms with Crippen LogP contribution < -0.4 is 10.6 Å². The number of amides is 2. The summed E-state index contributed by atoms with van der Waals surface area (Å²) in [6, 6.07) is 5.71. The van der Waals surface area contributed by atoms with Gasteiger partial charge in [-0.25, -0.2) is 4.79 Å². The van der Waals surface area contributed by atoms with Crippen LogP contribution in [0.4, 0.5) is 9.80 Å². The van der Waals surface area contributed by atoms with Crippen LogP contribution in [0.1, 0.15) is 39.4 Å². The Kier molecular flexibility index (Phi) is 6.90. The first-order valence-electron chi connectivity index (χ1n) is 10.4. The van der Waals surface area contributed by atoms with Crippen molar-refractivity contribution in [3.05, 3.63) is 63.8 Å². The normalized spacial score (nSPS) is 15.1. The third-order valence-electron chi connectivity index (χ3n) is 5.23. The number of aryl methyl sites for hydroxylation is 1. The van der Waals surface area contributed by atoms with E-state index in [0.717, 1.165) is 22.4 Å². The van der Waals surface area contributed by atoms with Crippen LogP contribution in [0.3, 0.4) is 0 Å². The third kappa shape index (κ3) is 5.70. The maximum absolute atomic E-state index is 12.3. The largest absolute Gasteiger partial charge is 0.472 e. The summed E-state index contributed by atoms with van der Waals surface area (Å²) in [6.07, 6.45) is 7.77. The molecule has 0 aromatic carbocycles. The van der Waals surface area contributed by atoms with E-state index < -0.39 is 6.09 Å². The van der Waals surface area contributed by atoms with Crippen LogP contribution in [0, 0.1) is 24.2 Å². The Balaban J connectivity index is 1.31. The molecule has 1 unspecified atom stereocenters. The molecule has 0 saturated heterocycles. The Morgan fingerprint density at radius 3 is 3.06 bits per heavy atom. The van der Waals surface area contributed by atoms with E-state index in [1.807, 2.05) is 0 Å². The highest BCUT2D eigenvalue weighted by atomic mass is 32.1. The first kappa shape index (κ1) is 22.4.